The number of fused-ring (bicyclic) bond motifs is 1. The highest BCUT2D eigenvalue weighted by molar-refractivity contribution is 5.76. The van der Waals surface area contributed by atoms with Crippen molar-refractivity contribution in [3.63, 3.8) is 0 Å². The Bertz CT molecular complexity index is 1250. The van der Waals surface area contributed by atoms with Gasteiger partial charge in [-0.2, -0.15) is 10.1 Å². The van der Waals surface area contributed by atoms with Crippen LogP contribution in [0.2, 0.25) is 0 Å². The van der Waals surface area contributed by atoms with E-state index < -0.39 is 0 Å². The van der Waals surface area contributed by atoms with Crippen LogP contribution in [0.1, 0.15) is 43.5 Å². The number of aromatic amines is 1. The summed E-state index contributed by atoms with van der Waals surface area (Å²) in [5, 5.41) is 13.5. The molecule has 2 fully saturated rings. The standard InChI is InChI=1S/C21H22N8O/c30-20-17-11-23-29(16-6-2-1-3-7-16)19(17)24-21(25-20)27-10-4-5-14(12-27)18-26-22-13-28(18)15-8-9-15/h1-3,6-7,11,13-15H,4-5,8-10,12H2,(H,24,25,30)/t14-/m0/s1. The van der Waals surface area contributed by atoms with Gasteiger partial charge in [0.25, 0.3) is 5.56 Å². The van der Waals surface area contributed by atoms with Crippen LogP contribution in [0.3, 0.4) is 0 Å². The van der Waals surface area contributed by atoms with E-state index in [1.807, 2.05) is 36.7 Å². The first-order valence-corrected chi connectivity index (χ1v) is 10.5. The van der Waals surface area contributed by atoms with Crippen molar-refractivity contribution >= 4 is 17.0 Å². The van der Waals surface area contributed by atoms with Crippen LogP contribution in [-0.4, -0.2) is 47.6 Å². The molecule has 0 amide bonds. The van der Waals surface area contributed by atoms with Crippen molar-refractivity contribution in [2.24, 2.45) is 0 Å². The fraction of sp³-hybridized carbons (Fsp3) is 0.381. The fourth-order valence-electron chi connectivity index (χ4n) is 4.37. The maximum atomic E-state index is 12.7. The summed E-state index contributed by atoms with van der Waals surface area (Å²) in [4.78, 5) is 22.7. The minimum Gasteiger partial charge on any atom is -0.342 e. The molecule has 1 saturated carbocycles. The number of aromatic nitrogens is 7. The zero-order valence-corrected chi connectivity index (χ0v) is 16.5. The summed E-state index contributed by atoms with van der Waals surface area (Å²) in [6.45, 7) is 1.61. The molecule has 4 heterocycles. The Morgan fingerprint density at radius 1 is 1.10 bits per heavy atom. The molecule has 9 heteroatoms. The van der Waals surface area contributed by atoms with E-state index in [-0.39, 0.29) is 11.5 Å². The van der Waals surface area contributed by atoms with Gasteiger partial charge in [0.05, 0.1) is 11.9 Å². The largest absolute Gasteiger partial charge is 0.342 e. The Hall–Kier alpha value is -3.49. The number of H-pyrrole nitrogens is 1. The topological polar surface area (TPSA) is 97.5 Å². The summed E-state index contributed by atoms with van der Waals surface area (Å²) in [6, 6.07) is 10.3. The molecule has 1 atom stereocenters. The van der Waals surface area contributed by atoms with Gasteiger partial charge in [-0.25, -0.2) is 4.68 Å². The van der Waals surface area contributed by atoms with Crippen LogP contribution < -0.4 is 10.5 Å². The first-order valence-electron chi connectivity index (χ1n) is 10.5. The molecular weight excluding hydrogens is 380 g/mol. The first kappa shape index (κ1) is 17.4. The highest BCUT2D eigenvalue weighted by Crippen LogP contribution is 2.38. The van der Waals surface area contributed by atoms with Crippen molar-refractivity contribution in [1.82, 2.24) is 34.5 Å². The average Bonchev–Trinajstić information content (AvgIpc) is 3.34. The third-order valence-electron chi connectivity index (χ3n) is 6.05. The maximum Gasteiger partial charge on any atom is 0.263 e. The number of benzene rings is 1. The zero-order chi connectivity index (χ0) is 20.1. The SMILES string of the molecule is O=c1[nH]c(N2CCC[C@H](c3nncn3C3CC3)C2)nc2c1cnn2-c1ccccc1. The molecule has 4 aromatic rings. The molecule has 1 N–H and O–H groups in total. The van der Waals surface area contributed by atoms with Crippen LogP contribution in [0.5, 0.6) is 0 Å². The van der Waals surface area contributed by atoms with Crippen molar-refractivity contribution in [2.45, 2.75) is 37.6 Å². The number of nitrogens with zero attached hydrogens (tertiary/aromatic N) is 7. The van der Waals surface area contributed by atoms with Gasteiger partial charge in [0.15, 0.2) is 5.65 Å². The summed E-state index contributed by atoms with van der Waals surface area (Å²) >= 11 is 0. The highest BCUT2D eigenvalue weighted by Gasteiger charge is 2.32. The summed E-state index contributed by atoms with van der Waals surface area (Å²) < 4.78 is 3.96. The van der Waals surface area contributed by atoms with Gasteiger partial charge in [0.1, 0.15) is 17.5 Å². The van der Waals surface area contributed by atoms with Gasteiger partial charge in [-0.1, -0.05) is 18.2 Å². The molecule has 1 saturated heterocycles. The van der Waals surface area contributed by atoms with Gasteiger partial charge >= 0.3 is 0 Å². The smallest absolute Gasteiger partial charge is 0.263 e. The molecule has 0 bridgehead atoms. The molecule has 9 nitrogen and oxygen atoms in total. The lowest BCUT2D eigenvalue weighted by molar-refractivity contribution is 0.466. The molecule has 0 spiro atoms. The van der Waals surface area contributed by atoms with Crippen LogP contribution in [0.25, 0.3) is 16.7 Å². The Kier molecular flexibility index (Phi) is 3.93. The lowest BCUT2D eigenvalue weighted by Gasteiger charge is -2.32. The number of hydrogen-bond acceptors (Lipinski definition) is 6. The summed E-state index contributed by atoms with van der Waals surface area (Å²) in [5.41, 5.74) is 1.29. The van der Waals surface area contributed by atoms with Crippen LogP contribution >= 0.6 is 0 Å². The predicted octanol–water partition coefficient (Wildman–Crippen LogP) is 2.42. The van der Waals surface area contributed by atoms with Crippen molar-refractivity contribution in [1.29, 1.82) is 0 Å². The summed E-state index contributed by atoms with van der Waals surface area (Å²) in [7, 11) is 0. The van der Waals surface area contributed by atoms with Crippen LogP contribution in [0.15, 0.2) is 47.7 Å². The number of nitrogens with one attached hydrogen (secondary N) is 1. The highest BCUT2D eigenvalue weighted by atomic mass is 16.1. The Morgan fingerprint density at radius 3 is 2.80 bits per heavy atom. The van der Waals surface area contributed by atoms with E-state index in [9.17, 15) is 4.79 Å². The van der Waals surface area contributed by atoms with Crippen LogP contribution in [-0.2, 0) is 0 Å². The van der Waals surface area contributed by atoms with E-state index in [1.54, 1.807) is 10.9 Å². The molecule has 0 radical (unpaired) electrons. The molecule has 1 aliphatic heterocycles. The Labute approximate surface area is 172 Å². The van der Waals surface area contributed by atoms with Crippen LogP contribution in [0.4, 0.5) is 5.95 Å². The molecule has 1 aromatic carbocycles. The predicted molar refractivity (Wildman–Crippen MR) is 112 cm³/mol. The Morgan fingerprint density at radius 2 is 1.97 bits per heavy atom. The van der Waals surface area contributed by atoms with Crippen molar-refractivity contribution < 1.29 is 0 Å². The molecular formula is C21H22N8O. The molecule has 1 aliphatic carbocycles. The molecule has 6 rings (SSSR count). The number of anilines is 1. The van der Waals surface area contributed by atoms with Crippen molar-refractivity contribution in [3.05, 3.63) is 59.0 Å². The summed E-state index contributed by atoms with van der Waals surface area (Å²) in [6.07, 6.45) is 7.93. The minimum atomic E-state index is -0.166. The van der Waals surface area contributed by atoms with E-state index in [0.717, 1.165) is 37.4 Å². The van der Waals surface area contributed by atoms with Gasteiger partial charge in [-0.15, -0.1) is 10.2 Å². The number of rotatable bonds is 4. The van der Waals surface area contributed by atoms with E-state index >= 15 is 0 Å². The van der Waals surface area contributed by atoms with Gasteiger partial charge in [-0.3, -0.25) is 9.78 Å². The number of hydrogen-bond donors (Lipinski definition) is 1. The molecule has 30 heavy (non-hydrogen) atoms. The minimum absolute atomic E-state index is 0.166. The van der Waals surface area contributed by atoms with Gasteiger partial charge in [0.2, 0.25) is 5.95 Å². The quantitative estimate of drug-likeness (QED) is 0.563. The van der Waals surface area contributed by atoms with Gasteiger partial charge < -0.3 is 9.47 Å². The maximum absolute atomic E-state index is 12.7. The van der Waals surface area contributed by atoms with E-state index in [0.29, 0.717) is 23.0 Å². The molecule has 152 valence electrons. The monoisotopic (exact) mass is 402 g/mol. The molecule has 3 aromatic heterocycles. The van der Waals surface area contributed by atoms with Gasteiger partial charge in [0, 0.05) is 25.0 Å². The first-order chi connectivity index (χ1) is 14.8. The number of para-hydroxylation sites is 1. The van der Waals surface area contributed by atoms with E-state index in [2.05, 4.69) is 29.7 Å². The van der Waals surface area contributed by atoms with Gasteiger partial charge in [-0.05, 0) is 37.8 Å². The summed E-state index contributed by atoms with van der Waals surface area (Å²) in [5.74, 6) is 1.93. The second-order valence-electron chi connectivity index (χ2n) is 8.13. The van der Waals surface area contributed by atoms with E-state index in [1.165, 1.54) is 12.8 Å². The Balaban J connectivity index is 1.36. The lowest BCUT2D eigenvalue weighted by atomic mass is 9.97. The lowest BCUT2D eigenvalue weighted by Crippen LogP contribution is -2.37. The second-order valence-corrected chi connectivity index (χ2v) is 8.13. The zero-order valence-electron chi connectivity index (χ0n) is 16.5. The normalized spacial score (nSPS) is 19.5. The number of piperidine rings is 1. The van der Waals surface area contributed by atoms with Crippen LogP contribution in [0, 0.1) is 0 Å². The molecule has 0 unspecified atom stereocenters. The van der Waals surface area contributed by atoms with Crippen molar-refractivity contribution in [2.75, 3.05) is 18.0 Å². The average molecular weight is 402 g/mol. The third-order valence-corrected chi connectivity index (χ3v) is 6.05. The third kappa shape index (κ3) is 2.89. The second kappa shape index (κ2) is 6.79. The van der Waals surface area contributed by atoms with Crippen molar-refractivity contribution in [3.8, 4) is 5.69 Å². The molecule has 2 aliphatic rings. The fourth-order valence-corrected chi connectivity index (χ4v) is 4.37. The van der Waals surface area contributed by atoms with E-state index in [4.69, 9.17) is 4.98 Å².